The minimum atomic E-state index is -0.0826. The lowest BCUT2D eigenvalue weighted by Crippen LogP contribution is -2.29. The topological polar surface area (TPSA) is 84.1 Å². The number of ether oxygens (including phenoxy) is 2. The Hall–Kier alpha value is -3.78. The Morgan fingerprint density at radius 2 is 1.77 bits per heavy atom. The number of benzene rings is 2. The molecule has 8 nitrogen and oxygen atoms in total. The van der Waals surface area contributed by atoms with E-state index in [4.69, 9.17) is 24.4 Å². The van der Waals surface area contributed by atoms with E-state index in [1.54, 1.807) is 11.7 Å². The van der Waals surface area contributed by atoms with Crippen molar-refractivity contribution < 1.29 is 9.47 Å². The quantitative estimate of drug-likeness (QED) is 0.373. The summed E-state index contributed by atoms with van der Waals surface area (Å²) in [5.74, 6) is 1.50. The Bertz CT molecular complexity index is 1600. The molecule has 178 valence electrons. The molecule has 1 saturated heterocycles. The molecular formula is C27H27N5O3. The predicted octanol–water partition coefficient (Wildman–Crippen LogP) is 4.03. The van der Waals surface area contributed by atoms with Gasteiger partial charge in [0.25, 0.3) is 5.56 Å². The molecule has 2 aromatic carbocycles. The van der Waals surface area contributed by atoms with E-state index in [1.807, 2.05) is 47.9 Å². The molecule has 8 heteroatoms. The SMILES string of the molecule is COc1ccc(CCn2c3nc4ccccc4nc3c3c(=O)n(C[C@H]4CCCO4)c(C)nc32)cc1. The van der Waals surface area contributed by atoms with Gasteiger partial charge in [0.1, 0.15) is 22.5 Å². The van der Waals surface area contributed by atoms with Gasteiger partial charge in [-0.15, -0.1) is 0 Å². The predicted molar refractivity (Wildman–Crippen MR) is 135 cm³/mol. The van der Waals surface area contributed by atoms with Crippen molar-refractivity contribution in [3.8, 4) is 5.75 Å². The van der Waals surface area contributed by atoms with E-state index in [9.17, 15) is 4.79 Å². The van der Waals surface area contributed by atoms with Crippen LogP contribution in [0.5, 0.6) is 5.75 Å². The molecule has 0 amide bonds. The molecule has 6 rings (SSSR count). The largest absolute Gasteiger partial charge is 0.497 e. The van der Waals surface area contributed by atoms with Crippen LogP contribution in [0.1, 0.15) is 24.2 Å². The highest BCUT2D eigenvalue weighted by atomic mass is 16.5. The summed E-state index contributed by atoms with van der Waals surface area (Å²) in [6.45, 7) is 3.77. The van der Waals surface area contributed by atoms with Crippen LogP contribution in [0, 0.1) is 6.92 Å². The van der Waals surface area contributed by atoms with Crippen molar-refractivity contribution in [2.75, 3.05) is 13.7 Å². The van der Waals surface area contributed by atoms with Crippen molar-refractivity contribution in [1.29, 1.82) is 0 Å². The van der Waals surface area contributed by atoms with Gasteiger partial charge in [-0.3, -0.25) is 9.36 Å². The number of rotatable bonds is 6. The summed E-state index contributed by atoms with van der Waals surface area (Å²) >= 11 is 0. The standard InChI is InChI=1S/C27H27N5O3/c1-17-28-25-23(27(33)32(17)16-20-6-5-15-35-20)24-26(30-22-8-4-3-7-21(22)29-24)31(25)14-13-18-9-11-19(34-2)12-10-18/h3-4,7-12,20H,5-6,13-16H2,1-2H3/t20-/m1/s1. The van der Waals surface area contributed by atoms with Crippen LogP contribution in [0.3, 0.4) is 0 Å². The van der Waals surface area contributed by atoms with E-state index < -0.39 is 0 Å². The van der Waals surface area contributed by atoms with Gasteiger partial charge in [0.15, 0.2) is 11.3 Å². The molecule has 3 aromatic heterocycles. The van der Waals surface area contributed by atoms with E-state index in [0.29, 0.717) is 41.1 Å². The number of hydrogen-bond acceptors (Lipinski definition) is 6. The van der Waals surface area contributed by atoms with Crippen LogP contribution in [-0.4, -0.2) is 43.9 Å². The molecular weight excluding hydrogens is 442 g/mol. The molecule has 0 N–H and O–H groups in total. The van der Waals surface area contributed by atoms with Crippen molar-refractivity contribution in [2.45, 2.75) is 45.4 Å². The maximum atomic E-state index is 13.8. The van der Waals surface area contributed by atoms with Gasteiger partial charge in [-0.1, -0.05) is 24.3 Å². The highest BCUT2D eigenvalue weighted by Gasteiger charge is 2.23. The molecule has 35 heavy (non-hydrogen) atoms. The number of hydrogen-bond donors (Lipinski definition) is 0. The summed E-state index contributed by atoms with van der Waals surface area (Å²) in [6.07, 6.45) is 2.78. The molecule has 0 aliphatic carbocycles. The Kier molecular flexibility index (Phi) is 5.45. The Morgan fingerprint density at radius 3 is 2.49 bits per heavy atom. The van der Waals surface area contributed by atoms with E-state index >= 15 is 0 Å². The molecule has 1 aliphatic heterocycles. The number of aryl methyl sites for hydroxylation is 3. The van der Waals surface area contributed by atoms with Gasteiger partial charge in [0.05, 0.1) is 30.8 Å². The van der Waals surface area contributed by atoms with Gasteiger partial charge in [-0.05, 0) is 56.0 Å². The van der Waals surface area contributed by atoms with Gasteiger partial charge >= 0.3 is 0 Å². The highest BCUT2D eigenvalue weighted by molar-refractivity contribution is 6.04. The fourth-order valence-electron chi connectivity index (χ4n) is 4.95. The number of fused-ring (bicyclic) bond motifs is 4. The number of para-hydroxylation sites is 2. The van der Waals surface area contributed by atoms with E-state index in [-0.39, 0.29) is 11.7 Å². The van der Waals surface area contributed by atoms with Gasteiger partial charge in [-0.2, -0.15) is 0 Å². The second-order valence-corrected chi connectivity index (χ2v) is 9.04. The van der Waals surface area contributed by atoms with Crippen LogP contribution in [-0.2, 0) is 24.2 Å². The zero-order chi connectivity index (χ0) is 23.9. The Labute approximate surface area is 202 Å². The normalized spacial score (nSPS) is 16.0. The first-order valence-electron chi connectivity index (χ1n) is 12.0. The van der Waals surface area contributed by atoms with Crippen LogP contribution in [0.2, 0.25) is 0 Å². The second-order valence-electron chi connectivity index (χ2n) is 9.04. The van der Waals surface area contributed by atoms with Gasteiger partial charge in [-0.25, -0.2) is 15.0 Å². The highest BCUT2D eigenvalue weighted by Crippen LogP contribution is 2.26. The first-order valence-corrected chi connectivity index (χ1v) is 12.0. The third-order valence-corrected chi connectivity index (χ3v) is 6.83. The zero-order valence-electron chi connectivity index (χ0n) is 19.9. The summed E-state index contributed by atoms with van der Waals surface area (Å²) in [5, 5.41) is 0.525. The molecule has 1 atom stereocenters. The molecule has 5 aromatic rings. The van der Waals surface area contributed by atoms with Crippen molar-refractivity contribution in [2.24, 2.45) is 0 Å². The fourth-order valence-corrected chi connectivity index (χ4v) is 4.95. The van der Waals surface area contributed by atoms with Crippen molar-refractivity contribution in [1.82, 2.24) is 24.1 Å². The third-order valence-electron chi connectivity index (χ3n) is 6.83. The summed E-state index contributed by atoms with van der Waals surface area (Å²) in [6, 6.07) is 15.8. The Balaban J connectivity index is 1.52. The van der Waals surface area contributed by atoms with Crippen LogP contribution in [0.25, 0.3) is 33.2 Å². The average molecular weight is 470 g/mol. The maximum Gasteiger partial charge on any atom is 0.265 e. The van der Waals surface area contributed by atoms with Crippen LogP contribution in [0.15, 0.2) is 53.3 Å². The van der Waals surface area contributed by atoms with Crippen molar-refractivity contribution in [3.63, 3.8) is 0 Å². The van der Waals surface area contributed by atoms with Crippen LogP contribution in [0.4, 0.5) is 0 Å². The van der Waals surface area contributed by atoms with Crippen molar-refractivity contribution >= 4 is 33.2 Å². The average Bonchev–Trinajstić information content (AvgIpc) is 3.50. The van der Waals surface area contributed by atoms with Crippen LogP contribution < -0.4 is 10.3 Å². The summed E-state index contributed by atoms with van der Waals surface area (Å²) in [5.41, 5.74) is 4.57. The molecule has 0 saturated carbocycles. The minimum Gasteiger partial charge on any atom is -0.497 e. The monoisotopic (exact) mass is 469 g/mol. The zero-order valence-corrected chi connectivity index (χ0v) is 19.9. The third kappa shape index (κ3) is 3.83. The lowest BCUT2D eigenvalue weighted by Gasteiger charge is -2.14. The second kappa shape index (κ2) is 8.78. The van der Waals surface area contributed by atoms with Crippen LogP contribution >= 0.6 is 0 Å². The van der Waals surface area contributed by atoms with Crippen molar-refractivity contribution in [3.05, 3.63) is 70.3 Å². The summed E-state index contributed by atoms with van der Waals surface area (Å²) < 4.78 is 14.9. The first-order chi connectivity index (χ1) is 17.1. The molecule has 4 heterocycles. The first kappa shape index (κ1) is 21.7. The van der Waals surface area contributed by atoms with Gasteiger partial charge < -0.3 is 14.0 Å². The van der Waals surface area contributed by atoms with E-state index in [0.717, 1.165) is 48.2 Å². The fraction of sp³-hybridized carbons (Fsp3) is 0.333. The van der Waals surface area contributed by atoms with E-state index in [1.165, 1.54) is 0 Å². The lowest BCUT2D eigenvalue weighted by atomic mass is 10.1. The van der Waals surface area contributed by atoms with Gasteiger partial charge in [0.2, 0.25) is 0 Å². The Morgan fingerprint density at radius 1 is 1.00 bits per heavy atom. The lowest BCUT2D eigenvalue weighted by molar-refractivity contribution is 0.0955. The smallest absolute Gasteiger partial charge is 0.265 e. The maximum absolute atomic E-state index is 13.8. The van der Waals surface area contributed by atoms with E-state index in [2.05, 4.69) is 12.1 Å². The van der Waals surface area contributed by atoms with Gasteiger partial charge in [0, 0.05) is 13.2 Å². The molecule has 0 spiro atoms. The summed E-state index contributed by atoms with van der Waals surface area (Å²) in [7, 11) is 1.66. The number of nitrogens with zero attached hydrogens (tertiary/aromatic N) is 5. The summed E-state index contributed by atoms with van der Waals surface area (Å²) in [4.78, 5) is 28.5. The number of methoxy groups -OCH3 is 1. The molecule has 0 bridgehead atoms. The number of aromatic nitrogens is 5. The minimum absolute atomic E-state index is 0.0426. The molecule has 0 radical (unpaired) electrons. The molecule has 0 unspecified atom stereocenters. The molecule has 1 fully saturated rings. The molecule has 1 aliphatic rings.